The van der Waals surface area contributed by atoms with Crippen LogP contribution in [0.5, 0.6) is 0 Å². The molecule has 0 unspecified atom stereocenters. The lowest BCUT2D eigenvalue weighted by atomic mass is 10.0. The van der Waals surface area contributed by atoms with Crippen LogP contribution in [0, 0.1) is 6.92 Å². The fraction of sp³-hybridized carbons (Fsp3) is 0.0833. The third-order valence-electron chi connectivity index (χ3n) is 4.81. The van der Waals surface area contributed by atoms with Crippen LogP contribution in [0.25, 0.3) is 34.4 Å². The van der Waals surface area contributed by atoms with E-state index in [0.29, 0.717) is 33.7 Å². The quantitative estimate of drug-likeness (QED) is 0.397. The molecule has 0 radical (unpaired) electrons. The van der Waals surface area contributed by atoms with Gasteiger partial charge >= 0.3 is 12.1 Å². The van der Waals surface area contributed by atoms with Crippen LogP contribution in [0.15, 0.2) is 65.1 Å². The summed E-state index contributed by atoms with van der Waals surface area (Å²) in [6.45, 7) is 1.85. The first-order valence-corrected chi connectivity index (χ1v) is 9.31. The van der Waals surface area contributed by atoms with Gasteiger partial charge in [0, 0.05) is 10.9 Å². The predicted molar refractivity (Wildman–Crippen MR) is 112 cm³/mol. The van der Waals surface area contributed by atoms with Gasteiger partial charge in [-0.3, -0.25) is 0 Å². The molecule has 4 aromatic rings. The van der Waals surface area contributed by atoms with Crippen LogP contribution in [-0.4, -0.2) is 16.1 Å². The van der Waals surface area contributed by atoms with E-state index in [1.165, 1.54) is 18.2 Å². The minimum atomic E-state index is -4.44. The number of hydrogen-bond acceptors (Lipinski definition) is 3. The average molecular weight is 423 g/mol. The van der Waals surface area contributed by atoms with E-state index in [2.05, 4.69) is 4.98 Å². The number of halogens is 3. The van der Waals surface area contributed by atoms with Crippen molar-refractivity contribution >= 4 is 29.0 Å². The van der Waals surface area contributed by atoms with Gasteiger partial charge in [0.05, 0.1) is 22.3 Å². The number of rotatable bonds is 4. The second-order valence-corrected chi connectivity index (χ2v) is 6.98. The van der Waals surface area contributed by atoms with Gasteiger partial charge in [0.1, 0.15) is 11.5 Å². The molecule has 156 valence electrons. The number of carboxylic acids is 1. The van der Waals surface area contributed by atoms with Crippen LogP contribution in [0.2, 0.25) is 0 Å². The highest BCUT2D eigenvalue weighted by Crippen LogP contribution is 2.33. The highest BCUT2D eigenvalue weighted by molar-refractivity contribution is 6.03. The molecule has 0 aliphatic rings. The molecule has 0 fully saturated rings. The maximum Gasteiger partial charge on any atom is 0.416 e. The molecule has 0 atom stereocenters. The van der Waals surface area contributed by atoms with E-state index in [4.69, 9.17) is 4.42 Å². The smallest absolute Gasteiger partial charge is 0.416 e. The Balaban J connectivity index is 1.66. The zero-order valence-corrected chi connectivity index (χ0v) is 16.3. The topological polar surface area (TPSA) is 63.3 Å². The molecule has 31 heavy (non-hydrogen) atoms. The number of carbonyl (C=O) groups is 1. The molecule has 7 heteroatoms. The number of aryl methyl sites for hydroxylation is 1. The van der Waals surface area contributed by atoms with Gasteiger partial charge in [-0.25, -0.2) is 9.78 Å². The summed E-state index contributed by atoms with van der Waals surface area (Å²) in [7, 11) is 0. The Morgan fingerprint density at radius 1 is 1.03 bits per heavy atom. The molecular weight excluding hydrogens is 407 g/mol. The molecule has 4 nitrogen and oxygen atoms in total. The number of para-hydroxylation sites is 1. The van der Waals surface area contributed by atoms with Crippen molar-refractivity contribution in [2.45, 2.75) is 13.1 Å². The number of aromatic carboxylic acids is 1. The van der Waals surface area contributed by atoms with Crippen LogP contribution < -0.4 is 0 Å². The van der Waals surface area contributed by atoms with E-state index < -0.39 is 17.7 Å². The molecule has 2 aromatic heterocycles. The molecular formula is C24H16F3NO3. The number of hydrogen-bond donors (Lipinski definition) is 1. The highest BCUT2D eigenvalue weighted by atomic mass is 19.4. The van der Waals surface area contributed by atoms with Crippen LogP contribution in [0.4, 0.5) is 13.2 Å². The Bertz CT molecular complexity index is 1320. The SMILES string of the molecule is Cc1cccc2c(C(=O)O)cc(/C=C/c3ccc(-c4cccc(C(F)(F)F)c4)o3)nc12. The van der Waals surface area contributed by atoms with Crippen molar-refractivity contribution in [1.82, 2.24) is 4.98 Å². The average Bonchev–Trinajstić information content (AvgIpc) is 3.21. The van der Waals surface area contributed by atoms with Crippen molar-refractivity contribution in [1.29, 1.82) is 0 Å². The van der Waals surface area contributed by atoms with Gasteiger partial charge in [-0.15, -0.1) is 0 Å². The summed E-state index contributed by atoms with van der Waals surface area (Å²) in [6.07, 6.45) is -1.24. The van der Waals surface area contributed by atoms with Crippen molar-refractivity contribution in [3.8, 4) is 11.3 Å². The van der Waals surface area contributed by atoms with E-state index in [0.717, 1.165) is 17.7 Å². The van der Waals surface area contributed by atoms with E-state index in [9.17, 15) is 23.1 Å². The lowest BCUT2D eigenvalue weighted by Gasteiger charge is -2.07. The molecule has 0 spiro atoms. The summed E-state index contributed by atoms with van der Waals surface area (Å²) in [5.41, 5.74) is 1.55. The molecule has 0 aliphatic carbocycles. The van der Waals surface area contributed by atoms with Gasteiger partial charge < -0.3 is 9.52 Å². The summed E-state index contributed by atoms with van der Waals surface area (Å²) in [4.78, 5) is 16.2. The zero-order chi connectivity index (χ0) is 22.2. The number of furan rings is 1. The second kappa shape index (κ2) is 7.75. The number of pyridine rings is 1. The third kappa shape index (κ3) is 4.21. The molecule has 1 N–H and O–H groups in total. The fourth-order valence-electron chi connectivity index (χ4n) is 3.29. The zero-order valence-electron chi connectivity index (χ0n) is 16.3. The molecule has 0 bridgehead atoms. The molecule has 0 saturated heterocycles. The Morgan fingerprint density at radius 2 is 1.81 bits per heavy atom. The fourth-order valence-corrected chi connectivity index (χ4v) is 3.29. The lowest BCUT2D eigenvalue weighted by Crippen LogP contribution is -2.04. The summed E-state index contributed by atoms with van der Waals surface area (Å²) in [5, 5.41) is 10.1. The number of nitrogens with zero attached hydrogens (tertiary/aromatic N) is 1. The van der Waals surface area contributed by atoms with Crippen molar-refractivity contribution in [2.24, 2.45) is 0 Å². The van der Waals surface area contributed by atoms with E-state index in [1.54, 1.807) is 36.4 Å². The predicted octanol–water partition coefficient (Wildman–Crippen LogP) is 6.69. The Morgan fingerprint density at radius 3 is 2.55 bits per heavy atom. The van der Waals surface area contributed by atoms with E-state index in [1.807, 2.05) is 13.0 Å². The summed E-state index contributed by atoms with van der Waals surface area (Å²) < 4.78 is 44.5. The lowest BCUT2D eigenvalue weighted by molar-refractivity contribution is -0.137. The van der Waals surface area contributed by atoms with E-state index >= 15 is 0 Å². The minimum absolute atomic E-state index is 0.137. The monoisotopic (exact) mass is 423 g/mol. The molecule has 0 aliphatic heterocycles. The van der Waals surface area contributed by atoms with Crippen LogP contribution >= 0.6 is 0 Å². The first kappa shape index (κ1) is 20.4. The number of carboxylic acid groups (broad SMARTS) is 1. The van der Waals surface area contributed by atoms with Crippen LogP contribution in [0.3, 0.4) is 0 Å². The van der Waals surface area contributed by atoms with Gasteiger partial charge in [0.15, 0.2) is 0 Å². The summed E-state index contributed by atoms with van der Waals surface area (Å²) in [5.74, 6) is -0.368. The first-order valence-electron chi connectivity index (χ1n) is 9.31. The maximum absolute atomic E-state index is 12.9. The number of fused-ring (bicyclic) bond motifs is 1. The summed E-state index contributed by atoms with van der Waals surface area (Å²) in [6, 6.07) is 14.9. The molecule has 2 heterocycles. The van der Waals surface area contributed by atoms with Crippen LogP contribution in [-0.2, 0) is 6.18 Å². The van der Waals surface area contributed by atoms with Gasteiger partial charge in [0.25, 0.3) is 0 Å². The van der Waals surface area contributed by atoms with Crippen molar-refractivity contribution in [2.75, 3.05) is 0 Å². The Labute approximate surface area is 175 Å². The summed E-state index contributed by atoms with van der Waals surface area (Å²) >= 11 is 0. The third-order valence-corrected chi connectivity index (χ3v) is 4.81. The molecule has 4 rings (SSSR count). The Kier molecular flexibility index (Phi) is 5.10. The number of benzene rings is 2. The van der Waals surface area contributed by atoms with Gasteiger partial charge in [0.2, 0.25) is 0 Å². The second-order valence-electron chi connectivity index (χ2n) is 6.98. The van der Waals surface area contributed by atoms with E-state index in [-0.39, 0.29) is 5.56 Å². The van der Waals surface area contributed by atoms with Gasteiger partial charge in [-0.1, -0.05) is 30.3 Å². The Hall–Kier alpha value is -3.87. The minimum Gasteiger partial charge on any atom is -0.478 e. The van der Waals surface area contributed by atoms with Crippen molar-refractivity contribution in [3.63, 3.8) is 0 Å². The normalized spacial score (nSPS) is 12.0. The highest BCUT2D eigenvalue weighted by Gasteiger charge is 2.30. The van der Waals surface area contributed by atoms with Crippen molar-refractivity contribution in [3.05, 3.63) is 88.8 Å². The standard InChI is InChI=1S/C24H16F3NO3/c1-14-4-2-7-19-20(23(29)30)13-17(28-22(14)19)8-9-18-10-11-21(31-18)15-5-3-6-16(12-15)24(25,26)27/h2-13H,1H3,(H,29,30)/b9-8+. The maximum atomic E-state index is 12.9. The van der Waals surface area contributed by atoms with Gasteiger partial charge in [-0.05, 0) is 55.0 Å². The van der Waals surface area contributed by atoms with Crippen LogP contribution in [0.1, 0.15) is 32.9 Å². The molecule has 0 amide bonds. The van der Waals surface area contributed by atoms with Crippen molar-refractivity contribution < 1.29 is 27.5 Å². The first-order chi connectivity index (χ1) is 14.7. The molecule has 0 saturated carbocycles. The molecule has 2 aromatic carbocycles. The van der Waals surface area contributed by atoms with Gasteiger partial charge in [-0.2, -0.15) is 13.2 Å². The number of alkyl halides is 3. The largest absolute Gasteiger partial charge is 0.478 e. The number of aromatic nitrogens is 1.